The molecule has 1 unspecified atom stereocenters. The van der Waals surface area contributed by atoms with E-state index in [4.69, 9.17) is 10.9 Å². The summed E-state index contributed by atoms with van der Waals surface area (Å²) in [6, 6.07) is 5.02. The second-order valence-corrected chi connectivity index (χ2v) is 6.06. The number of hydrogen-bond donors (Lipinski definition) is 3. The van der Waals surface area contributed by atoms with E-state index in [2.05, 4.69) is 49.0 Å². The number of nitrogens with zero attached hydrogens (tertiary/aromatic N) is 1. The summed E-state index contributed by atoms with van der Waals surface area (Å²) in [6.45, 7) is 1.96. The van der Waals surface area contributed by atoms with Gasteiger partial charge in [-0.15, -0.1) is 0 Å². The molecule has 1 amide bonds. The van der Waals surface area contributed by atoms with Gasteiger partial charge in [0.15, 0.2) is 5.84 Å². The van der Waals surface area contributed by atoms with Crippen molar-refractivity contribution in [2.75, 3.05) is 0 Å². The third-order valence-electron chi connectivity index (χ3n) is 2.53. The maximum absolute atomic E-state index is 12.2. The lowest BCUT2D eigenvalue weighted by atomic mass is 10.1. The Morgan fingerprint density at radius 1 is 1.63 bits per heavy atom. The first-order chi connectivity index (χ1) is 8.99. The van der Waals surface area contributed by atoms with Crippen LogP contribution in [0, 0.1) is 3.57 Å². The number of carbonyl (C=O) groups excluding carboxylic acids is 1. The van der Waals surface area contributed by atoms with E-state index in [-0.39, 0.29) is 11.7 Å². The Morgan fingerprint density at radius 3 is 2.89 bits per heavy atom. The Hall–Kier alpha value is -0.830. The maximum Gasteiger partial charge on any atom is 0.253 e. The van der Waals surface area contributed by atoms with Crippen LogP contribution in [0.2, 0.25) is 0 Å². The first-order valence-corrected chi connectivity index (χ1v) is 7.60. The van der Waals surface area contributed by atoms with E-state index in [0.717, 1.165) is 9.99 Å². The highest BCUT2D eigenvalue weighted by molar-refractivity contribution is 14.1. The zero-order valence-electron chi connectivity index (χ0n) is 10.4. The first-order valence-electron chi connectivity index (χ1n) is 5.73. The zero-order chi connectivity index (χ0) is 14.4. The molecule has 0 saturated carbocycles. The number of nitrogens with one attached hydrogen (secondary N) is 1. The summed E-state index contributed by atoms with van der Waals surface area (Å²) in [5.41, 5.74) is 6.10. The fourth-order valence-corrected chi connectivity index (χ4v) is 2.48. The number of benzene rings is 1. The maximum atomic E-state index is 12.2. The lowest BCUT2D eigenvalue weighted by Crippen LogP contribution is -2.44. The molecule has 1 aromatic rings. The highest BCUT2D eigenvalue weighted by Gasteiger charge is 2.18. The lowest BCUT2D eigenvalue weighted by Gasteiger charge is -2.17. The molecule has 0 fully saturated rings. The van der Waals surface area contributed by atoms with Gasteiger partial charge in [0.25, 0.3) is 5.91 Å². The van der Waals surface area contributed by atoms with Crippen molar-refractivity contribution in [1.29, 1.82) is 0 Å². The largest absolute Gasteiger partial charge is 0.409 e. The van der Waals surface area contributed by atoms with E-state index in [0.29, 0.717) is 16.5 Å². The zero-order valence-corrected chi connectivity index (χ0v) is 14.1. The third kappa shape index (κ3) is 4.64. The minimum Gasteiger partial charge on any atom is -0.409 e. The van der Waals surface area contributed by atoms with Gasteiger partial charge in [-0.3, -0.25) is 4.79 Å². The van der Waals surface area contributed by atoms with E-state index in [1.807, 2.05) is 19.1 Å². The number of hydrogen-bond acceptors (Lipinski definition) is 3. The van der Waals surface area contributed by atoms with Crippen molar-refractivity contribution in [3.05, 3.63) is 31.8 Å². The molecule has 0 bridgehead atoms. The average molecular weight is 440 g/mol. The quantitative estimate of drug-likeness (QED) is 0.217. The molecule has 0 aromatic heterocycles. The van der Waals surface area contributed by atoms with Crippen LogP contribution in [-0.2, 0) is 0 Å². The van der Waals surface area contributed by atoms with Gasteiger partial charge in [0, 0.05) is 8.04 Å². The van der Waals surface area contributed by atoms with E-state index < -0.39 is 6.04 Å². The summed E-state index contributed by atoms with van der Waals surface area (Å²) in [5, 5.41) is 14.4. The Balaban J connectivity index is 2.90. The molecule has 0 radical (unpaired) electrons. The van der Waals surface area contributed by atoms with Gasteiger partial charge in [-0.1, -0.05) is 18.5 Å². The molecular formula is C12H15BrIN3O2. The van der Waals surface area contributed by atoms with E-state index in [1.165, 1.54) is 0 Å². The SMILES string of the molecule is CCCC(NC(=O)c1cc(I)ccc1Br)/C(N)=N/O. The monoisotopic (exact) mass is 439 g/mol. The van der Waals surface area contributed by atoms with Crippen LogP contribution in [0.25, 0.3) is 0 Å². The van der Waals surface area contributed by atoms with Crippen LogP contribution in [0.15, 0.2) is 27.8 Å². The van der Waals surface area contributed by atoms with Crippen molar-refractivity contribution in [2.45, 2.75) is 25.8 Å². The summed E-state index contributed by atoms with van der Waals surface area (Å²) in [4.78, 5) is 12.2. The molecule has 0 aliphatic rings. The van der Waals surface area contributed by atoms with Gasteiger partial charge in [0.2, 0.25) is 0 Å². The number of rotatable bonds is 5. The summed E-state index contributed by atoms with van der Waals surface area (Å²) in [6.07, 6.45) is 1.43. The van der Waals surface area contributed by atoms with Crippen LogP contribution >= 0.6 is 38.5 Å². The van der Waals surface area contributed by atoms with E-state index in [9.17, 15) is 4.79 Å². The summed E-state index contributed by atoms with van der Waals surface area (Å²) in [7, 11) is 0. The van der Waals surface area contributed by atoms with Gasteiger partial charge in [-0.05, 0) is 63.1 Å². The van der Waals surface area contributed by atoms with Crippen LogP contribution in [0.5, 0.6) is 0 Å². The minimum atomic E-state index is -0.465. The number of oxime groups is 1. The molecule has 0 heterocycles. The highest BCUT2D eigenvalue weighted by Crippen LogP contribution is 2.19. The van der Waals surface area contributed by atoms with Crippen molar-refractivity contribution in [3.63, 3.8) is 0 Å². The number of amides is 1. The molecule has 1 aromatic carbocycles. The van der Waals surface area contributed by atoms with Crippen LogP contribution in [0.4, 0.5) is 0 Å². The molecule has 0 spiro atoms. The molecule has 1 rings (SSSR count). The Morgan fingerprint density at radius 2 is 2.32 bits per heavy atom. The molecule has 0 aliphatic heterocycles. The second kappa shape index (κ2) is 7.68. The van der Waals surface area contributed by atoms with Crippen LogP contribution in [-0.4, -0.2) is 23.0 Å². The second-order valence-electron chi connectivity index (χ2n) is 3.96. The van der Waals surface area contributed by atoms with Crippen molar-refractivity contribution < 1.29 is 10.0 Å². The van der Waals surface area contributed by atoms with Gasteiger partial charge < -0.3 is 16.3 Å². The normalized spacial score (nSPS) is 13.1. The van der Waals surface area contributed by atoms with E-state index >= 15 is 0 Å². The topological polar surface area (TPSA) is 87.7 Å². The van der Waals surface area contributed by atoms with Crippen molar-refractivity contribution >= 4 is 50.3 Å². The molecule has 5 nitrogen and oxygen atoms in total. The molecule has 1 atom stereocenters. The number of halogens is 2. The van der Waals surface area contributed by atoms with Gasteiger partial charge >= 0.3 is 0 Å². The van der Waals surface area contributed by atoms with Gasteiger partial charge in [0.1, 0.15) is 0 Å². The summed E-state index contributed by atoms with van der Waals surface area (Å²) in [5.74, 6) is -0.243. The average Bonchev–Trinajstić information content (AvgIpc) is 2.40. The summed E-state index contributed by atoms with van der Waals surface area (Å²) >= 11 is 5.48. The molecule has 19 heavy (non-hydrogen) atoms. The lowest BCUT2D eigenvalue weighted by molar-refractivity contribution is 0.0944. The number of amidine groups is 1. The molecule has 0 saturated heterocycles. The smallest absolute Gasteiger partial charge is 0.253 e. The minimum absolute atomic E-state index is 0.0111. The Kier molecular flexibility index (Phi) is 6.56. The van der Waals surface area contributed by atoms with Crippen LogP contribution in [0.3, 0.4) is 0 Å². The number of carbonyl (C=O) groups is 1. The predicted molar refractivity (Wildman–Crippen MR) is 86.4 cm³/mol. The third-order valence-corrected chi connectivity index (χ3v) is 3.89. The van der Waals surface area contributed by atoms with Crippen LogP contribution in [0.1, 0.15) is 30.1 Å². The summed E-state index contributed by atoms with van der Waals surface area (Å²) < 4.78 is 1.67. The standard InChI is InChI=1S/C12H15BrIN3O2/c1-2-3-10(11(15)17-19)16-12(18)8-6-7(14)4-5-9(8)13/h4-6,10,19H,2-3H2,1H3,(H2,15,17)(H,16,18). The first kappa shape index (κ1) is 16.2. The van der Waals surface area contributed by atoms with Crippen LogP contribution < -0.4 is 11.1 Å². The fraction of sp³-hybridized carbons (Fsp3) is 0.333. The molecular weight excluding hydrogens is 425 g/mol. The van der Waals surface area contributed by atoms with E-state index in [1.54, 1.807) is 6.07 Å². The van der Waals surface area contributed by atoms with Gasteiger partial charge in [-0.2, -0.15) is 0 Å². The van der Waals surface area contributed by atoms with Gasteiger partial charge in [0.05, 0.1) is 11.6 Å². The molecule has 104 valence electrons. The molecule has 4 N–H and O–H groups in total. The molecule has 7 heteroatoms. The van der Waals surface area contributed by atoms with Crippen molar-refractivity contribution in [1.82, 2.24) is 5.32 Å². The highest BCUT2D eigenvalue weighted by atomic mass is 127. The Bertz CT molecular complexity index is 494. The van der Waals surface area contributed by atoms with Crippen molar-refractivity contribution in [3.8, 4) is 0 Å². The number of nitrogens with two attached hydrogens (primary N) is 1. The molecule has 0 aliphatic carbocycles. The van der Waals surface area contributed by atoms with Crippen molar-refractivity contribution in [2.24, 2.45) is 10.9 Å². The Labute approximate surface area is 133 Å². The van der Waals surface area contributed by atoms with Gasteiger partial charge in [-0.25, -0.2) is 0 Å². The predicted octanol–water partition coefficient (Wildman–Crippen LogP) is 2.70. The fourth-order valence-electron chi connectivity index (χ4n) is 1.56.